The predicted molar refractivity (Wildman–Crippen MR) is 98.9 cm³/mol. The van der Waals surface area contributed by atoms with Crippen LogP contribution < -0.4 is 4.74 Å². The lowest BCUT2D eigenvalue weighted by atomic mass is 9.78. The highest BCUT2D eigenvalue weighted by molar-refractivity contribution is 7.88. The van der Waals surface area contributed by atoms with Gasteiger partial charge in [0.2, 0.25) is 0 Å². The number of benzene rings is 1. The highest BCUT2D eigenvalue weighted by atomic mass is 32.2. The van der Waals surface area contributed by atoms with Gasteiger partial charge >= 0.3 is 5.97 Å². The minimum atomic E-state index is -1.47. The molecule has 1 saturated heterocycles. The van der Waals surface area contributed by atoms with E-state index >= 15 is 0 Å². The van der Waals surface area contributed by atoms with Crippen molar-refractivity contribution in [3.8, 4) is 5.75 Å². The van der Waals surface area contributed by atoms with Crippen LogP contribution in [0.25, 0.3) is 0 Å². The maximum absolute atomic E-state index is 13.5. The van der Waals surface area contributed by atoms with Crippen LogP contribution in [0.5, 0.6) is 5.75 Å². The number of hydrogen-bond acceptors (Lipinski definition) is 4. The van der Waals surface area contributed by atoms with Crippen LogP contribution in [0.1, 0.15) is 46.1 Å². The number of cyclic esters (lactones) is 1. The smallest absolute Gasteiger partial charge is 0.324 e. The van der Waals surface area contributed by atoms with Crippen molar-refractivity contribution in [3.63, 3.8) is 0 Å². The van der Waals surface area contributed by atoms with E-state index in [0.717, 1.165) is 16.9 Å². The maximum atomic E-state index is 13.5. The van der Waals surface area contributed by atoms with E-state index in [1.807, 2.05) is 52.0 Å². The summed E-state index contributed by atoms with van der Waals surface area (Å²) in [4.78, 5) is 11.8. The van der Waals surface area contributed by atoms with E-state index in [9.17, 15) is 9.00 Å². The Balaban J connectivity index is 2.11. The Hall–Kier alpha value is -1.62. The highest BCUT2D eigenvalue weighted by Crippen LogP contribution is 2.50. The molecule has 0 amide bonds. The van der Waals surface area contributed by atoms with Crippen molar-refractivity contribution in [1.82, 2.24) is 0 Å². The first kappa shape index (κ1) is 18.2. The lowest BCUT2D eigenvalue weighted by Gasteiger charge is -2.38. The van der Waals surface area contributed by atoms with Crippen molar-refractivity contribution in [2.45, 2.75) is 50.7 Å². The van der Waals surface area contributed by atoms with Crippen molar-refractivity contribution in [1.29, 1.82) is 0 Å². The summed E-state index contributed by atoms with van der Waals surface area (Å²) in [6.45, 7) is 14.1. The zero-order valence-corrected chi connectivity index (χ0v) is 16.3. The molecule has 5 heteroatoms. The summed E-state index contributed by atoms with van der Waals surface area (Å²) in [6.07, 6.45) is 0. The van der Waals surface area contributed by atoms with Gasteiger partial charge in [-0.15, -0.1) is 0 Å². The fourth-order valence-electron chi connectivity index (χ4n) is 3.57. The first-order valence-electron chi connectivity index (χ1n) is 8.58. The van der Waals surface area contributed by atoms with Gasteiger partial charge in [-0.2, -0.15) is 0 Å². The second kappa shape index (κ2) is 5.97. The number of rotatable bonds is 2. The van der Waals surface area contributed by atoms with E-state index in [2.05, 4.69) is 6.58 Å². The molecule has 2 aliphatic heterocycles. The normalized spacial score (nSPS) is 34.8. The molecule has 0 N–H and O–H groups in total. The second-order valence-corrected chi connectivity index (χ2v) is 10.0. The van der Waals surface area contributed by atoms with Gasteiger partial charge in [0.25, 0.3) is 0 Å². The molecule has 136 valence electrons. The summed E-state index contributed by atoms with van der Waals surface area (Å²) in [5, 5.41) is -0.712. The maximum Gasteiger partial charge on any atom is 0.324 e. The third-order valence-electron chi connectivity index (χ3n) is 5.59. The molecule has 0 radical (unpaired) electrons. The number of esters is 1. The van der Waals surface area contributed by atoms with Gasteiger partial charge in [-0.1, -0.05) is 51.1 Å². The van der Waals surface area contributed by atoms with Crippen molar-refractivity contribution < 1.29 is 18.5 Å². The molecule has 1 aromatic rings. The molecule has 0 bridgehead atoms. The molecule has 4 nitrogen and oxygen atoms in total. The number of carbonyl (C=O) groups is 1. The molecule has 1 aromatic carbocycles. The van der Waals surface area contributed by atoms with E-state index < -0.39 is 26.4 Å². The van der Waals surface area contributed by atoms with Crippen LogP contribution in [0.15, 0.2) is 36.4 Å². The van der Waals surface area contributed by atoms with Crippen LogP contribution in [0, 0.1) is 11.3 Å². The van der Waals surface area contributed by atoms with Crippen LogP contribution in [0.3, 0.4) is 0 Å². The molecular formula is C20H26O4S. The Kier molecular flexibility index (Phi) is 4.34. The summed E-state index contributed by atoms with van der Waals surface area (Å²) in [7, 11) is -1.47. The van der Waals surface area contributed by atoms with E-state index in [4.69, 9.17) is 9.47 Å². The summed E-state index contributed by atoms with van der Waals surface area (Å²) in [5.41, 5.74) is 1.41. The van der Waals surface area contributed by atoms with Crippen LogP contribution >= 0.6 is 0 Å². The van der Waals surface area contributed by atoms with Crippen molar-refractivity contribution in [3.05, 3.63) is 42.0 Å². The molecule has 1 unspecified atom stereocenters. The minimum Gasteiger partial charge on any atom is -0.493 e. The first-order chi connectivity index (χ1) is 11.6. The van der Waals surface area contributed by atoms with Gasteiger partial charge in [0.1, 0.15) is 11.0 Å². The molecule has 2 heterocycles. The number of hydrogen-bond donors (Lipinski definition) is 0. The highest BCUT2D eigenvalue weighted by Gasteiger charge is 2.61. The monoisotopic (exact) mass is 362 g/mol. The predicted octanol–water partition coefficient (Wildman–Crippen LogP) is 3.79. The van der Waals surface area contributed by atoms with Gasteiger partial charge in [-0.05, 0) is 25.5 Å². The van der Waals surface area contributed by atoms with E-state index in [1.54, 1.807) is 6.92 Å². The third-order valence-corrected chi connectivity index (χ3v) is 8.00. The molecule has 3 rings (SSSR count). The van der Waals surface area contributed by atoms with E-state index in [0.29, 0.717) is 6.61 Å². The fraction of sp³-hybridized carbons (Fsp3) is 0.550. The van der Waals surface area contributed by atoms with Gasteiger partial charge in [-0.25, -0.2) is 0 Å². The number of carbonyl (C=O) groups excluding carboxylic acids is 1. The van der Waals surface area contributed by atoms with Gasteiger partial charge in [0.05, 0.1) is 17.4 Å². The third kappa shape index (κ3) is 2.73. The largest absolute Gasteiger partial charge is 0.493 e. The molecular weight excluding hydrogens is 336 g/mol. The molecule has 25 heavy (non-hydrogen) atoms. The second-order valence-electron chi connectivity index (χ2n) is 8.16. The molecule has 0 aromatic heterocycles. The molecule has 0 spiro atoms. The number of fused-ring (bicyclic) bond motifs is 1. The Bertz CT molecular complexity index is 748. The van der Waals surface area contributed by atoms with E-state index in [1.165, 1.54) is 0 Å². The van der Waals surface area contributed by atoms with Crippen LogP contribution in [0.2, 0.25) is 0 Å². The van der Waals surface area contributed by atoms with Crippen LogP contribution in [-0.2, 0) is 20.3 Å². The van der Waals surface area contributed by atoms with E-state index in [-0.39, 0.29) is 17.8 Å². The SMILES string of the molecule is C=C(C)[C@H]1COc2ccccc2[C@H]1C1C(=O)O[C@](C)(C(C)(C)C)[S@]1=O. The van der Waals surface area contributed by atoms with Crippen molar-refractivity contribution in [2.75, 3.05) is 6.61 Å². The number of ether oxygens (including phenoxy) is 2. The van der Waals surface area contributed by atoms with Crippen molar-refractivity contribution in [2.24, 2.45) is 11.3 Å². The van der Waals surface area contributed by atoms with Gasteiger partial charge < -0.3 is 9.47 Å². The molecule has 0 aliphatic carbocycles. The topological polar surface area (TPSA) is 52.6 Å². The zero-order valence-electron chi connectivity index (χ0n) is 15.5. The van der Waals surface area contributed by atoms with Gasteiger partial charge in [-0.3, -0.25) is 9.00 Å². The zero-order chi connectivity index (χ0) is 18.6. The lowest BCUT2D eigenvalue weighted by Crippen LogP contribution is -2.45. The summed E-state index contributed by atoms with van der Waals surface area (Å²) >= 11 is 0. The fourth-order valence-corrected chi connectivity index (χ4v) is 5.64. The molecule has 2 aliphatic rings. The van der Waals surface area contributed by atoms with Gasteiger partial charge in [0, 0.05) is 17.3 Å². The molecule has 1 fully saturated rings. The van der Waals surface area contributed by atoms with Crippen molar-refractivity contribution >= 4 is 16.8 Å². The average Bonchev–Trinajstić information content (AvgIpc) is 2.76. The molecule has 0 saturated carbocycles. The Labute approximate surface area is 152 Å². The quantitative estimate of drug-likeness (QED) is 0.593. The van der Waals surface area contributed by atoms with Gasteiger partial charge in [0.15, 0.2) is 4.93 Å². The van der Waals surface area contributed by atoms with Crippen LogP contribution in [-0.4, -0.2) is 27.0 Å². The standard InChI is InChI=1S/C20H26O4S/c1-12(2)14-11-23-15-10-8-7-9-13(15)16(14)17-18(21)24-20(6,25(17)22)19(3,4)5/h7-10,14,16-17H,1,11H2,2-6H3/t14-,16-,17?,20+,25+/m1/s1. The van der Waals surface area contributed by atoms with Crippen LogP contribution in [0.4, 0.5) is 0 Å². The number of para-hydroxylation sites is 1. The minimum absolute atomic E-state index is 0.0706. The average molecular weight is 362 g/mol. The Morgan fingerprint density at radius 3 is 2.52 bits per heavy atom. The Morgan fingerprint density at radius 1 is 1.32 bits per heavy atom. The molecule has 5 atom stereocenters. The lowest BCUT2D eigenvalue weighted by molar-refractivity contribution is -0.153. The summed E-state index contributed by atoms with van der Waals surface area (Å²) in [5.74, 6) is 0.0431. The Morgan fingerprint density at radius 2 is 1.96 bits per heavy atom. The first-order valence-corrected chi connectivity index (χ1v) is 9.80. The summed E-state index contributed by atoms with van der Waals surface area (Å²) < 4.78 is 25.0. The summed E-state index contributed by atoms with van der Waals surface area (Å²) in [6, 6.07) is 7.66.